The molecule has 2 aliphatic carbocycles. The number of aromatic hydroxyl groups is 3. The Hall–Kier alpha value is -2.52. The zero-order valence-corrected chi connectivity index (χ0v) is 25.8. The normalized spacial score (nSPS) is 31.7. The first-order chi connectivity index (χ1) is 20.0. The van der Waals surface area contributed by atoms with E-state index in [1.807, 2.05) is 0 Å². The number of benzene rings is 2. The number of aliphatic hydroxyl groups excluding tert-OH is 2. The zero-order chi connectivity index (χ0) is 30.1. The molecule has 12 nitrogen and oxygen atoms in total. The standard InChI is InChI=1S/C30H35NO11.2ClH/c1-3-30(39)12-17(42-18-11-15(24(33)13(2)41-18)31-7-9-40-10-8-31)20-23(29(30)38)28(37)21-22(27(20)36)26(35)19-14(25(21)34)5-4-6-16(19)32;;/h4-6,13,15,17-18,24,29,32-33,36-39H,3,7-12H2,1-2H3;2*1H/t13?,15?,17-,18?,24?,29?,30+;;/m0../s1. The molecular formula is C30H37Cl2NO11. The number of carbonyl (C=O) groups is 2. The minimum Gasteiger partial charge on any atom is -0.507 e. The summed E-state index contributed by atoms with van der Waals surface area (Å²) in [7, 11) is 0. The van der Waals surface area contributed by atoms with Gasteiger partial charge in [0.25, 0.3) is 0 Å². The van der Waals surface area contributed by atoms with Gasteiger partial charge in [-0.1, -0.05) is 19.1 Å². The van der Waals surface area contributed by atoms with Gasteiger partial charge in [-0.25, -0.2) is 0 Å². The molecule has 0 radical (unpaired) electrons. The predicted octanol–water partition coefficient (Wildman–Crippen LogP) is 2.25. The van der Waals surface area contributed by atoms with Crippen LogP contribution in [0.2, 0.25) is 0 Å². The number of ether oxygens (including phenoxy) is 3. The fourth-order valence-electron chi connectivity index (χ4n) is 6.86. The van der Waals surface area contributed by atoms with Crippen molar-refractivity contribution in [1.82, 2.24) is 4.90 Å². The molecule has 0 spiro atoms. The Bertz CT molecular complexity index is 1450. The van der Waals surface area contributed by atoms with Crippen molar-refractivity contribution in [2.24, 2.45) is 0 Å². The second-order valence-corrected chi connectivity index (χ2v) is 11.5. The fraction of sp³-hybridized carbons (Fsp3) is 0.533. The maximum absolute atomic E-state index is 13.6. The molecular weight excluding hydrogens is 621 g/mol. The van der Waals surface area contributed by atoms with Gasteiger partial charge in [0.1, 0.15) is 23.4 Å². The van der Waals surface area contributed by atoms with Gasteiger partial charge in [0.2, 0.25) is 5.78 Å². The average molecular weight is 659 g/mol. The van der Waals surface area contributed by atoms with Crippen LogP contribution in [0.15, 0.2) is 18.2 Å². The molecule has 2 saturated heterocycles. The third-order valence-electron chi connectivity index (χ3n) is 9.25. The molecule has 6 rings (SSSR count). The molecule has 0 amide bonds. The lowest BCUT2D eigenvalue weighted by molar-refractivity contribution is -0.264. The first-order valence-corrected chi connectivity index (χ1v) is 14.2. The van der Waals surface area contributed by atoms with Gasteiger partial charge in [-0.15, -0.1) is 24.8 Å². The lowest BCUT2D eigenvalue weighted by Crippen LogP contribution is -2.58. The lowest BCUT2D eigenvalue weighted by atomic mass is 9.70. The number of carbonyl (C=O) groups excluding carboxylic acids is 2. The van der Waals surface area contributed by atoms with Crippen molar-refractivity contribution >= 4 is 36.4 Å². The summed E-state index contributed by atoms with van der Waals surface area (Å²) in [6.07, 6.45) is -5.23. The maximum Gasteiger partial charge on any atom is 0.202 e. The van der Waals surface area contributed by atoms with E-state index in [0.717, 1.165) is 0 Å². The summed E-state index contributed by atoms with van der Waals surface area (Å²) < 4.78 is 17.8. The number of hydrogen-bond acceptors (Lipinski definition) is 12. The van der Waals surface area contributed by atoms with Crippen LogP contribution >= 0.6 is 24.8 Å². The first kappa shape index (κ1) is 34.4. The van der Waals surface area contributed by atoms with E-state index >= 15 is 0 Å². The van der Waals surface area contributed by atoms with Crippen LogP contribution in [0.3, 0.4) is 0 Å². The van der Waals surface area contributed by atoms with Crippen molar-refractivity contribution < 1.29 is 54.4 Å². The number of fused-ring (bicyclic) bond motifs is 3. The molecule has 2 heterocycles. The molecule has 4 aliphatic rings. The van der Waals surface area contributed by atoms with Crippen LogP contribution < -0.4 is 0 Å². The van der Waals surface area contributed by atoms with E-state index in [1.54, 1.807) is 13.8 Å². The molecule has 2 aromatic carbocycles. The Morgan fingerprint density at radius 1 is 0.977 bits per heavy atom. The van der Waals surface area contributed by atoms with E-state index in [9.17, 15) is 40.2 Å². The van der Waals surface area contributed by atoms with Gasteiger partial charge >= 0.3 is 0 Å². The average Bonchev–Trinajstić information content (AvgIpc) is 2.97. The van der Waals surface area contributed by atoms with Gasteiger partial charge in [-0.3, -0.25) is 14.5 Å². The number of nitrogens with zero attached hydrogens (tertiary/aromatic N) is 1. The highest BCUT2D eigenvalue weighted by atomic mass is 35.5. The van der Waals surface area contributed by atoms with Crippen molar-refractivity contribution in [2.45, 2.75) is 75.5 Å². The predicted molar refractivity (Wildman–Crippen MR) is 159 cm³/mol. The molecule has 14 heteroatoms. The number of morpholine rings is 1. The smallest absolute Gasteiger partial charge is 0.202 e. The van der Waals surface area contributed by atoms with Crippen LogP contribution in [0.4, 0.5) is 0 Å². The molecule has 7 atom stereocenters. The summed E-state index contributed by atoms with van der Waals surface area (Å²) >= 11 is 0. The number of hydrogen-bond donors (Lipinski definition) is 6. The van der Waals surface area contributed by atoms with Crippen LogP contribution in [0.1, 0.15) is 88.3 Å². The van der Waals surface area contributed by atoms with Crippen LogP contribution in [0.25, 0.3) is 0 Å². The van der Waals surface area contributed by atoms with E-state index in [4.69, 9.17) is 14.2 Å². The van der Waals surface area contributed by atoms with E-state index < -0.39 is 76.2 Å². The van der Waals surface area contributed by atoms with Gasteiger partial charge in [0, 0.05) is 48.7 Å². The van der Waals surface area contributed by atoms with E-state index in [2.05, 4.69) is 4.90 Å². The Labute approximate surface area is 266 Å². The van der Waals surface area contributed by atoms with Gasteiger partial charge in [-0.2, -0.15) is 0 Å². The molecule has 2 aromatic rings. The lowest BCUT2D eigenvalue weighted by Gasteiger charge is -2.47. The minimum atomic E-state index is -1.82. The minimum absolute atomic E-state index is 0. The van der Waals surface area contributed by atoms with Crippen LogP contribution in [-0.4, -0.2) is 104 Å². The first-order valence-electron chi connectivity index (χ1n) is 14.2. The number of ketones is 2. The highest BCUT2D eigenvalue weighted by Crippen LogP contribution is 2.56. The van der Waals surface area contributed by atoms with Gasteiger partial charge < -0.3 is 44.8 Å². The van der Waals surface area contributed by atoms with Crippen LogP contribution in [0.5, 0.6) is 17.2 Å². The maximum atomic E-state index is 13.6. The molecule has 44 heavy (non-hydrogen) atoms. The van der Waals surface area contributed by atoms with Crippen molar-refractivity contribution in [3.05, 3.63) is 51.6 Å². The van der Waals surface area contributed by atoms with Crippen LogP contribution in [0, 0.1) is 0 Å². The Kier molecular flexibility index (Phi) is 9.92. The summed E-state index contributed by atoms with van der Waals surface area (Å²) in [6.45, 7) is 5.61. The van der Waals surface area contributed by atoms with E-state index in [0.29, 0.717) is 26.3 Å². The highest BCUT2D eigenvalue weighted by Gasteiger charge is 2.52. The summed E-state index contributed by atoms with van der Waals surface area (Å²) in [5.41, 5.74) is -3.80. The number of aliphatic hydroxyl groups is 3. The number of phenolic OH excluding ortho intramolecular Hbond substituents is 3. The third-order valence-corrected chi connectivity index (χ3v) is 9.25. The monoisotopic (exact) mass is 657 g/mol. The summed E-state index contributed by atoms with van der Waals surface area (Å²) in [4.78, 5) is 29.2. The number of rotatable bonds is 4. The Morgan fingerprint density at radius 2 is 1.61 bits per heavy atom. The molecule has 6 N–H and O–H groups in total. The molecule has 2 aliphatic heterocycles. The number of phenols is 3. The summed E-state index contributed by atoms with van der Waals surface area (Å²) in [5, 5.41) is 67.1. The second kappa shape index (κ2) is 12.7. The molecule has 0 aromatic heterocycles. The van der Waals surface area contributed by atoms with Gasteiger partial charge in [0.05, 0.1) is 53.8 Å². The summed E-state index contributed by atoms with van der Waals surface area (Å²) in [6, 6.07) is 3.60. The number of halogens is 2. The largest absolute Gasteiger partial charge is 0.507 e. The van der Waals surface area contributed by atoms with Crippen molar-refractivity contribution in [2.75, 3.05) is 26.3 Å². The highest BCUT2D eigenvalue weighted by molar-refractivity contribution is 6.31. The quantitative estimate of drug-likeness (QED) is 0.225. The molecule has 242 valence electrons. The van der Waals surface area contributed by atoms with Crippen LogP contribution in [-0.2, 0) is 14.2 Å². The molecule has 5 unspecified atom stereocenters. The third kappa shape index (κ3) is 5.25. The fourth-order valence-corrected chi connectivity index (χ4v) is 6.86. The summed E-state index contributed by atoms with van der Waals surface area (Å²) in [5.74, 6) is -3.61. The van der Waals surface area contributed by atoms with Crippen molar-refractivity contribution in [3.63, 3.8) is 0 Å². The topological polar surface area (TPSA) is 186 Å². The SMILES string of the molecule is CC[C@@]1(O)C[C@H](OC2CC(N3CCOCC3)C(O)C(C)O2)c2c(O)c3c(c(O)c2C1O)C(=O)c1cccc(O)c1C3=O.Cl.Cl. The van der Waals surface area contributed by atoms with Gasteiger partial charge in [0.15, 0.2) is 12.1 Å². The molecule has 0 saturated carbocycles. The van der Waals surface area contributed by atoms with E-state index in [1.165, 1.54) is 18.2 Å². The van der Waals surface area contributed by atoms with E-state index in [-0.39, 0.29) is 72.4 Å². The van der Waals surface area contributed by atoms with Crippen molar-refractivity contribution in [3.8, 4) is 17.2 Å². The zero-order valence-electron chi connectivity index (χ0n) is 24.1. The molecule has 0 bridgehead atoms. The second-order valence-electron chi connectivity index (χ2n) is 11.5. The Morgan fingerprint density at radius 3 is 2.27 bits per heavy atom. The molecule has 2 fully saturated rings. The Balaban J connectivity index is 0.00000221. The van der Waals surface area contributed by atoms with Gasteiger partial charge in [-0.05, 0) is 19.4 Å². The van der Waals surface area contributed by atoms with Crippen molar-refractivity contribution in [1.29, 1.82) is 0 Å².